The number of hydrogen-bond acceptors (Lipinski definition) is 6. The van der Waals surface area contributed by atoms with E-state index in [0.717, 1.165) is 10.5 Å². The summed E-state index contributed by atoms with van der Waals surface area (Å²) >= 11 is 6.35. The second-order valence-electron chi connectivity index (χ2n) is 10.3. The van der Waals surface area contributed by atoms with E-state index in [1.54, 1.807) is 58.9 Å². The average molecular weight is 561 g/mol. The fourth-order valence-electron chi connectivity index (χ4n) is 4.01. The Hall–Kier alpha value is -3.63. The average Bonchev–Trinajstić information content (AvgIpc) is 2.81. The van der Waals surface area contributed by atoms with Gasteiger partial charge in [0.2, 0.25) is 11.8 Å². The van der Waals surface area contributed by atoms with Crippen LogP contribution in [0.4, 0.5) is 10.5 Å². The van der Waals surface area contributed by atoms with Crippen LogP contribution < -0.4 is 16.4 Å². The molecule has 0 heterocycles. The number of aryl methyl sites for hydroxylation is 3. The van der Waals surface area contributed by atoms with Gasteiger partial charge in [-0.05, 0) is 64.3 Å². The first-order valence-corrected chi connectivity index (χ1v) is 12.8. The molecule has 2 unspecified atom stereocenters. The number of benzene rings is 2. The summed E-state index contributed by atoms with van der Waals surface area (Å²) < 4.78 is 5.26. The van der Waals surface area contributed by atoms with Crippen molar-refractivity contribution in [1.82, 2.24) is 10.2 Å². The summed E-state index contributed by atoms with van der Waals surface area (Å²) in [7, 11) is 0. The van der Waals surface area contributed by atoms with Crippen LogP contribution in [0.5, 0.6) is 0 Å². The number of nitrogens with one attached hydrogen (secondary N) is 2. The lowest BCUT2D eigenvalue weighted by Crippen LogP contribution is -2.54. The monoisotopic (exact) mass is 560 g/mol. The Morgan fingerprint density at radius 3 is 2.31 bits per heavy atom. The van der Waals surface area contributed by atoms with Crippen molar-refractivity contribution in [3.8, 4) is 0 Å². The van der Waals surface area contributed by atoms with Gasteiger partial charge in [-0.1, -0.05) is 47.5 Å². The third-order valence-corrected chi connectivity index (χ3v) is 6.09. The van der Waals surface area contributed by atoms with Crippen molar-refractivity contribution in [3.63, 3.8) is 0 Å². The molecule has 0 fully saturated rings. The molecule has 11 heteroatoms. The molecule has 0 aliphatic heterocycles. The van der Waals surface area contributed by atoms with Gasteiger partial charge in [0, 0.05) is 6.54 Å². The highest BCUT2D eigenvalue weighted by Gasteiger charge is 2.37. The first kappa shape index (κ1) is 31.6. The molecular formula is C28H37ClN4O6. The van der Waals surface area contributed by atoms with Crippen molar-refractivity contribution in [2.75, 3.05) is 18.5 Å². The van der Waals surface area contributed by atoms with E-state index in [1.807, 2.05) is 19.1 Å². The van der Waals surface area contributed by atoms with Crippen LogP contribution in [0.25, 0.3) is 0 Å². The van der Waals surface area contributed by atoms with E-state index in [1.165, 1.54) is 0 Å². The minimum atomic E-state index is -1.45. The SMILES string of the molecule is Cc1ccc(C)c(C(C(=O)Nc2c(C)cccc2Cl)N(CCO)C(=O)C(CC(N)=O)NC(=O)OC(C)(C)C)c1. The molecule has 5 N–H and O–H groups in total. The number of ether oxygens (including phenoxy) is 1. The summed E-state index contributed by atoms with van der Waals surface area (Å²) in [5, 5.41) is 15.4. The Bertz CT molecular complexity index is 1210. The Morgan fingerprint density at radius 1 is 1.08 bits per heavy atom. The topological polar surface area (TPSA) is 151 Å². The molecule has 0 bridgehead atoms. The number of alkyl carbamates (subject to hydrolysis) is 1. The van der Waals surface area contributed by atoms with Gasteiger partial charge in [0.25, 0.3) is 5.91 Å². The number of carbonyl (C=O) groups excluding carboxylic acids is 4. The van der Waals surface area contributed by atoms with Gasteiger partial charge >= 0.3 is 6.09 Å². The van der Waals surface area contributed by atoms with Gasteiger partial charge in [-0.15, -0.1) is 0 Å². The number of primary amides is 1. The Morgan fingerprint density at radius 2 is 1.74 bits per heavy atom. The summed E-state index contributed by atoms with van der Waals surface area (Å²) in [4.78, 5) is 53.3. The zero-order valence-electron chi connectivity index (χ0n) is 23.1. The molecule has 2 aromatic carbocycles. The van der Waals surface area contributed by atoms with Crippen LogP contribution in [-0.2, 0) is 19.1 Å². The van der Waals surface area contributed by atoms with Crippen molar-refractivity contribution in [3.05, 3.63) is 63.7 Å². The molecular weight excluding hydrogens is 524 g/mol. The number of rotatable bonds is 10. The Kier molecular flexibility index (Phi) is 10.9. The van der Waals surface area contributed by atoms with E-state index in [0.29, 0.717) is 27.4 Å². The maximum atomic E-state index is 13.9. The summed E-state index contributed by atoms with van der Waals surface area (Å²) in [5.74, 6) is -2.25. The van der Waals surface area contributed by atoms with Crippen molar-refractivity contribution < 1.29 is 29.0 Å². The van der Waals surface area contributed by atoms with E-state index in [4.69, 9.17) is 22.1 Å². The summed E-state index contributed by atoms with van der Waals surface area (Å²) in [5.41, 5.74) is 7.63. The largest absolute Gasteiger partial charge is 0.444 e. The zero-order chi connectivity index (χ0) is 29.5. The van der Waals surface area contributed by atoms with Crippen molar-refractivity contribution in [1.29, 1.82) is 0 Å². The first-order chi connectivity index (χ1) is 18.1. The number of hydrogen-bond donors (Lipinski definition) is 4. The minimum Gasteiger partial charge on any atom is -0.444 e. The van der Waals surface area contributed by atoms with E-state index < -0.39 is 54.5 Å². The van der Waals surface area contributed by atoms with Gasteiger partial charge in [0.1, 0.15) is 17.7 Å². The quantitative estimate of drug-likeness (QED) is 0.349. The molecule has 212 valence electrons. The van der Waals surface area contributed by atoms with Crippen LogP contribution in [0.15, 0.2) is 36.4 Å². The molecule has 0 spiro atoms. The van der Waals surface area contributed by atoms with E-state index in [2.05, 4.69) is 10.6 Å². The van der Waals surface area contributed by atoms with Crippen LogP contribution in [-0.4, -0.2) is 58.6 Å². The number of aliphatic hydroxyl groups is 1. The van der Waals surface area contributed by atoms with Crippen molar-refractivity contribution >= 4 is 41.1 Å². The van der Waals surface area contributed by atoms with Crippen molar-refractivity contribution in [2.24, 2.45) is 5.73 Å². The van der Waals surface area contributed by atoms with Crippen LogP contribution in [0.1, 0.15) is 55.5 Å². The van der Waals surface area contributed by atoms with Gasteiger partial charge in [0.05, 0.1) is 23.7 Å². The highest BCUT2D eigenvalue weighted by Crippen LogP contribution is 2.31. The third kappa shape index (κ3) is 8.97. The van der Waals surface area contributed by atoms with Gasteiger partial charge in [-0.2, -0.15) is 0 Å². The lowest BCUT2D eigenvalue weighted by molar-refractivity contribution is -0.142. The maximum absolute atomic E-state index is 13.9. The second-order valence-corrected chi connectivity index (χ2v) is 10.7. The van der Waals surface area contributed by atoms with Gasteiger partial charge < -0.3 is 31.1 Å². The minimum absolute atomic E-state index is 0.281. The van der Waals surface area contributed by atoms with Gasteiger partial charge in [0.15, 0.2) is 0 Å². The number of anilines is 1. The number of amides is 4. The van der Waals surface area contributed by atoms with E-state index in [-0.39, 0.29) is 6.54 Å². The van der Waals surface area contributed by atoms with Crippen molar-refractivity contribution in [2.45, 2.75) is 65.6 Å². The fourth-order valence-corrected chi connectivity index (χ4v) is 4.28. The fraction of sp³-hybridized carbons (Fsp3) is 0.429. The lowest BCUT2D eigenvalue weighted by Gasteiger charge is -2.34. The smallest absolute Gasteiger partial charge is 0.408 e. The van der Waals surface area contributed by atoms with Gasteiger partial charge in [-0.3, -0.25) is 14.4 Å². The molecule has 2 rings (SSSR count). The van der Waals surface area contributed by atoms with Crippen LogP contribution in [0.3, 0.4) is 0 Å². The number of para-hydroxylation sites is 1. The first-order valence-electron chi connectivity index (χ1n) is 12.5. The highest BCUT2D eigenvalue weighted by atomic mass is 35.5. The number of nitrogens with zero attached hydrogens (tertiary/aromatic N) is 1. The predicted molar refractivity (Wildman–Crippen MR) is 149 cm³/mol. The summed E-state index contributed by atoms with van der Waals surface area (Å²) in [6, 6.07) is 7.88. The summed E-state index contributed by atoms with van der Waals surface area (Å²) in [6.45, 7) is 9.57. The number of aliphatic hydroxyl groups excluding tert-OH is 1. The van der Waals surface area contributed by atoms with Gasteiger partial charge in [-0.25, -0.2) is 4.79 Å². The Balaban J connectivity index is 2.61. The van der Waals surface area contributed by atoms with E-state index >= 15 is 0 Å². The van der Waals surface area contributed by atoms with E-state index in [9.17, 15) is 24.3 Å². The number of nitrogens with two attached hydrogens (primary N) is 1. The molecule has 10 nitrogen and oxygen atoms in total. The molecule has 39 heavy (non-hydrogen) atoms. The standard InChI is InChI=1S/C28H37ClN4O6/c1-16-10-11-17(2)19(14-16)24(25(36)32-23-18(3)8-7-9-20(23)29)33(12-13-34)26(37)21(15-22(30)35)31-27(38)39-28(4,5)6/h7-11,14,21,24,34H,12-13,15H2,1-6H3,(H2,30,35)(H,31,38)(H,32,36). The summed E-state index contributed by atoms with van der Waals surface area (Å²) in [6.07, 6.45) is -1.49. The number of carbonyl (C=O) groups is 4. The van der Waals surface area contributed by atoms with Crippen LogP contribution in [0.2, 0.25) is 5.02 Å². The molecule has 2 aromatic rings. The zero-order valence-corrected chi connectivity index (χ0v) is 23.9. The molecule has 0 saturated heterocycles. The predicted octanol–water partition coefficient (Wildman–Crippen LogP) is 3.53. The van der Waals surface area contributed by atoms with Crippen LogP contribution >= 0.6 is 11.6 Å². The number of halogens is 1. The molecule has 0 radical (unpaired) electrons. The molecule has 0 aliphatic rings. The molecule has 2 atom stereocenters. The molecule has 4 amide bonds. The Labute approximate surface area is 233 Å². The second kappa shape index (κ2) is 13.4. The van der Waals surface area contributed by atoms with Crippen LogP contribution in [0, 0.1) is 20.8 Å². The maximum Gasteiger partial charge on any atom is 0.408 e. The molecule has 0 saturated carbocycles. The molecule has 0 aromatic heterocycles. The lowest BCUT2D eigenvalue weighted by atomic mass is 9.95. The third-order valence-electron chi connectivity index (χ3n) is 5.78. The molecule has 0 aliphatic carbocycles. The normalized spacial score (nSPS) is 12.7. The highest BCUT2D eigenvalue weighted by molar-refractivity contribution is 6.34.